The van der Waals surface area contributed by atoms with E-state index < -0.39 is 0 Å². The molecule has 0 aromatic carbocycles. The van der Waals surface area contributed by atoms with Crippen molar-refractivity contribution >= 4 is 17.4 Å². The summed E-state index contributed by atoms with van der Waals surface area (Å²) in [6, 6.07) is 0.526. The smallest absolute Gasteiger partial charge is 0.131 e. The lowest BCUT2D eigenvalue weighted by molar-refractivity contribution is 0.615. The van der Waals surface area contributed by atoms with Gasteiger partial charge in [-0.25, -0.2) is 9.97 Å². The van der Waals surface area contributed by atoms with Crippen molar-refractivity contribution in [3.05, 3.63) is 17.7 Å². The van der Waals surface area contributed by atoms with Gasteiger partial charge in [0.2, 0.25) is 0 Å². The Hall–Kier alpha value is -0.810. The van der Waals surface area contributed by atoms with Crippen LogP contribution in [0, 0.1) is 0 Å². The molecule has 2 heterocycles. The molecule has 0 radical (unpaired) electrons. The van der Waals surface area contributed by atoms with Gasteiger partial charge in [-0.15, -0.1) is 0 Å². The highest BCUT2D eigenvalue weighted by Crippen LogP contribution is 2.30. The SMILES string of the molecule is CNCc1nc(C(C)C)ncc1N1CCSC(C)C1C. The van der Waals surface area contributed by atoms with Crippen molar-refractivity contribution in [1.82, 2.24) is 15.3 Å². The highest BCUT2D eigenvalue weighted by Gasteiger charge is 2.27. The first-order valence-corrected chi connectivity index (χ1v) is 8.48. The summed E-state index contributed by atoms with van der Waals surface area (Å²) in [4.78, 5) is 11.8. The van der Waals surface area contributed by atoms with Crippen LogP contribution < -0.4 is 10.2 Å². The molecule has 2 rings (SSSR count). The molecular weight excluding hydrogens is 268 g/mol. The summed E-state index contributed by atoms with van der Waals surface area (Å²) >= 11 is 2.05. The second kappa shape index (κ2) is 6.76. The Balaban J connectivity index is 2.34. The van der Waals surface area contributed by atoms with E-state index in [1.165, 1.54) is 11.4 Å². The Bertz CT molecular complexity index is 449. The number of hydrogen-bond donors (Lipinski definition) is 1. The van der Waals surface area contributed by atoms with Crippen LogP contribution in [-0.2, 0) is 6.54 Å². The summed E-state index contributed by atoms with van der Waals surface area (Å²) in [5.41, 5.74) is 2.32. The van der Waals surface area contributed by atoms with Crippen LogP contribution in [0.5, 0.6) is 0 Å². The molecule has 2 atom stereocenters. The van der Waals surface area contributed by atoms with Crippen LogP contribution >= 0.6 is 11.8 Å². The third kappa shape index (κ3) is 3.26. The van der Waals surface area contributed by atoms with Gasteiger partial charge in [0.05, 0.1) is 17.6 Å². The second-order valence-corrected chi connectivity index (χ2v) is 7.24. The van der Waals surface area contributed by atoms with E-state index in [9.17, 15) is 0 Å². The van der Waals surface area contributed by atoms with Gasteiger partial charge in [-0.3, -0.25) is 0 Å². The number of anilines is 1. The zero-order valence-electron chi connectivity index (χ0n) is 13.2. The molecule has 0 amide bonds. The normalized spacial score (nSPS) is 23.4. The minimum Gasteiger partial charge on any atom is -0.364 e. The van der Waals surface area contributed by atoms with Gasteiger partial charge in [-0.1, -0.05) is 20.8 Å². The van der Waals surface area contributed by atoms with Gasteiger partial charge in [0.1, 0.15) is 5.82 Å². The van der Waals surface area contributed by atoms with E-state index in [0.717, 1.165) is 24.6 Å². The maximum atomic E-state index is 4.77. The summed E-state index contributed by atoms with van der Waals surface area (Å²) in [6.07, 6.45) is 2.02. The van der Waals surface area contributed by atoms with Crippen LogP contribution in [0.3, 0.4) is 0 Å². The lowest BCUT2D eigenvalue weighted by Crippen LogP contribution is -2.45. The van der Waals surface area contributed by atoms with Crippen LogP contribution in [0.15, 0.2) is 6.20 Å². The Morgan fingerprint density at radius 3 is 2.85 bits per heavy atom. The fraction of sp³-hybridized carbons (Fsp3) is 0.733. The summed E-state index contributed by atoms with van der Waals surface area (Å²) < 4.78 is 0. The van der Waals surface area contributed by atoms with Gasteiger partial charge in [0.25, 0.3) is 0 Å². The molecule has 4 nitrogen and oxygen atoms in total. The molecule has 112 valence electrons. The van der Waals surface area contributed by atoms with Gasteiger partial charge < -0.3 is 10.2 Å². The topological polar surface area (TPSA) is 41.1 Å². The van der Waals surface area contributed by atoms with Crippen LogP contribution in [0.1, 0.15) is 45.1 Å². The van der Waals surface area contributed by atoms with E-state index in [1.807, 2.05) is 13.2 Å². The molecule has 1 aliphatic rings. The van der Waals surface area contributed by atoms with Crippen molar-refractivity contribution in [2.45, 2.75) is 51.4 Å². The van der Waals surface area contributed by atoms with Crippen molar-refractivity contribution in [2.24, 2.45) is 0 Å². The van der Waals surface area contributed by atoms with Crippen LogP contribution in [0.25, 0.3) is 0 Å². The number of aromatic nitrogens is 2. The van der Waals surface area contributed by atoms with Crippen LogP contribution in [0.4, 0.5) is 5.69 Å². The standard InChI is InChI=1S/C15H26N4S/c1-10(2)15-17-9-14(13(18-15)8-16-5)19-6-7-20-12(4)11(19)3/h9-12,16H,6-8H2,1-5H3. The minimum atomic E-state index is 0.368. The summed E-state index contributed by atoms with van der Waals surface area (Å²) in [5, 5.41) is 3.88. The fourth-order valence-corrected chi connectivity index (χ4v) is 3.61. The van der Waals surface area contributed by atoms with Gasteiger partial charge in [-0.2, -0.15) is 11.8 Å². The van der Waals surface area contributed by atoms with Crippen LogP contribution in [-0.4, -0.2) is 40.6 Å². The number of nitrogens with one attached hydrogen (secondary N) is 1. The van der Waals surface area contributed by atoms with Gasteiger partial charge in [0, 0.05) is 36.1 Å². The lowest BCUT2D eigenvalue weighted by atomic mass is 10.1. The lowest BCUT2D eigenvalue weighted by Gasteiger charge is -2.39. The average Bonchev–Trinajstić information content (AvgIpc) is 2.42. The molecule has 1 fully saturated rings. The number of thioether (sulfide) groups is 1. The molecular formula is C15H26N4S. The largest absolute Gasteiger partial charge is 0.364 e. The Morgan fingerprint density at radius 2 is 2.20 bits per heavy atom. The van der Waals surface area contributed by atoms with Gasteiger partial charge in [0.15, 0.2) is 0 Å². The zero-order chi connectivity index (χ0) is 14.7. The quantitative estimate of drug-likeness (QED) is 0.924. The average molecular weight is 294 g/mol. The fourth-order valence-electron chi connectivity index (χ4n) is 2.51. The zero-order valence-corrected chi connectivity index (χ0v) is 14.0. The second-order valence-electron chi connectivity index (χ2n) is 5.76. The molecule has 0 aliphatic carbocycles. The predicted molar refractivity (Wildman–Crippen MR) is 87.6 cm³/mol. The van der Waals surface area contributed by atoms with E-state index in [1.54, 1.807) is 0 Å². The van der Waals surface area contributed by atoms with Gasteiger partial charge in [-0.05, 0) is 14.0 Å². The Kier molecular flexibility index (Phi) is 5.27. The monoisotopic (exact) mass is 294 g/mol. The number of nitrogens with zero attached hydrogens (tertiary/aromatic N) is 3. The third-order valence-corrected chi connectivity index (χ3v) is 5.26. The highest BCUT2D eigenvalue weighted by atomic mass is 32.2. The van der Waals surface area contributed by atoms with Crippen molar-refractivity contribution in [3.8, 4) is 0 Å². The molecule has 1 saturated heterocycles. The van der Waals surface area contributed by atoms with E-state index in [2.05, 4.69) is 54.7 Å². The first kappa shape index (κ1) is 15.6. The van der Waals surface area contributed by atoms with E-state index in [0.29, 0.717) is 17.2 Å². The highest BCUT2D eigenvalue weighted by molar-refractivity contribution is 8.00. The van der Waals surface area contributed by atoms with E-state index >= 15 is 0 Å². The number of rotatable bonds is 4. The molecule has 20 heavy (non-hydrogen) atoms. The van der Waals surface area contributed by atoms with Gasteiger partial charge >= 0.3 is 0 Å². The Labute approximate surface area is 126 Å². The molecule has 0 spiro atoms. The van der Waals surface area contributed by atoms with Crippen molar-refractivity contribution < 1.29 is 0 Å². The maximum Gasteiger partial charge on any atom is 0.131 e. The molecule has 2 unspecified atom stereocenters. The molecule has 0 saturated carbocycles. The first-order valence-electron chi connectivity index (χ1n) is 7.43. The summed E-state index contributed by atoms with van der Waals surface area (Å²) in [7, 11) is 1.97. The van der Waals surface area contributed by atoms with E-state index in [-0.39, 0.29) is 0 Å². The summed E-state index contributed by atoms with van der Waals surface area (Å²) in [5.74, 6) is 2.48. The molecule has 1 aliphatic heterocycles. The predicted octanol–water partition coefficient (Wildman–Crippen LogP) is 2.65. The van der Waals surface area contributed by atoms with Crippen LogP contribution in [0.2, 0.25) is 0 Å². The van der Waals surface area contributed by atoms with Crippen molar-refractivity contribution in [2.75, 3.05) is 24.2 Å². The van der Waals surface area contributed by atoms with Crippen molar-refractivity contribution in [3.63, 3.8) is 0 Å². The molecule has 1 N–H and O–H groups in total. The maximum absolute atomic E-state index is 4.77. The molecule has 5 heteroatoms. The minimum absolute atomic E-state index is 0.368. The Morgan fingerprint density at radius 1 is 1.45 bits per heavy atom. The third-order valence-electron chi connectivity index (χ3n) is 3.92. The summed E-state index contributed by atoms with van der Waals surface area (Å²) in [6.45, 7) is 10.8. The number of hydrogen-bond acceptors (Lipinski definition) is 5. The van der Waals surface area contributed by atoms with Crippen molar-refractivity contribution in [1.29, 1.82) is 0 Å². The molecule has 1 aromatic heterocycles. The first-order chi connectivity index (χ1) is 9.54. The molecule has 1 aromatic rings. The molecule has 0 bridgehead atoms. The van der Waals surface area contributed by atoms with E-state index in [4.69, 9.17) is 4.98 Å².